The van der Waals surface area contributed by atoms with Gasteiger partial charge in [0.1, 0.15) is 34.3 Å². The van der Waals surface area contributed by atoms with Gasteiger partial charge < -0.3 is 14.6 Å². The summed E-state index contributed by atoms with van der Waals surface area (Å²) >= 11 is 1.26. The number of aromatic nitrogens is 5. The fourth-order valence-electron chi connectivity index (χ4n) is 2.38. The molecule has 0 amide bonds. The summed E-state index contributed by atoms with van der Waals surface area (Å²) in [6.07, 6.45) is 1.45. The molecule has 3 aromatic rings. The minimum Gasteiger partial charge on any atom is -0.488 e. The van der Waals surface area contributed by atoms with Gasteiger partial charge in [-0.05, 0) is 56.3 Å². The molecule has 0 bridgehead atoms. The first-order valence-corrected chi connectivity index (χ1v) is 9.47. The van der Waals surface area contributed by atoms with Crippen LogP contribution < -0.4 is 4.74 Å². The van der Waals surface area contributed by atoms with Crippen LogP contribution in [0, 0.1) is 6.92 Å². The van der Waals surface area contributed by atoms with Crippen LogP contribution in [-0.4, -0.2) is 55.1 Å². The molecule has 28 heavy (non-hydrogen) atoms. The highest BCUT2D eigenvalue weighted by Crippen LogP contribution is 2.33. The first kappa shape index (κ1) is 19.9. The van der Waals surface area contributed by atoms with Crippen LogP contribution in [-0.2, 0) is 4.74 Å². The van der Waals surface area contributed by atoms with E-state index in [2.05, 4.69) is 20.5 Å². The Morgan fingerprint density at radius 2 is 2.14 bits per heavy atom. The minimum atomic E-state index is -0.989. The summed E-state index contributed by atoms with van der Waals surface area (Å²) in [4.78, 5) is 17.0. The molecule has 0 fully saturated rings. The largest absolute Gasteiger partial charge is 0.488 e. The van der Waals surface area contributed by atoms with Gasteiger partial charge in [-0.25, -0.2) is 9.78 Å². The maximum Gasteiger partial charge on any atom is 0.350 e. The third-order valence-corrected chi connectivity index (χ3v) is 4.83. The predicted molar refractivity (Wildman–Crippen MR) is 103 cm³/mol. The van der Waals surface area contributed by atoms with Crippen molar-refractivity contribution in [3.05, 3.63) is 35.1 Å². The molecule has 1 aromatic carbocycles. The Bertz CT molecular complexity index is 963. The molecule has 0 atom stereocenters. The molecule has 0 unspecified atom stereocenters. The summed E-state index contributed by atoms with van der Waals surface area (Å²) in [5, 5.41) is 21.9. The number of hydrogen-bond donors (Lipinski definition) is 1. The highest BCUT2D eigenvalue weighted by atomic mass is 32.1. The zero-order valence-corrected chi connectivity index (χ0v) is 16.9. The van der Waals surface area contributed by atoms with Crippen molar-refractivity contribution in [2.24, 2.45) is 0 Å². The summed E-state index contributed by atoms with van der Waals surface area (Å²) in [6, 6.07) is 5.42. The van der Waals surface area contributed by atoms with Gasteiger partial charge in [0.15, 0.2) is 0 Å². The molecule has 1 N–H and O–H groups in total. The second kappa shape index (κ2) is 8.03. The fourth-order valence-corrected chi connectivity index (χ4v) is 3.34. The van der Waals surface area contributed by atoms with Crippen molar-refractivity contribution in [2.75, 3.05) is 13.2 Å². The van der Waals surface area contributed by atoms with Crippen LogP contribution >= 0.6 is 11.3 Å². The highest BCUT2D eigenvalue weighted by molar-refractivity contribution is 7.17. The van der Waals surface area contributed by atoms with Gasteiger partial charge in [-0.1, -0.05) is 0 Å². The molecule has 0 saturated heterocycles. The molecule has 3 rings (SSSR count). The molecule has 9 nitrogen and oxygen atoms in total. The van der Waals surface area contributed by atoms with Crippen molar-refractivity contribution in [1.29, 1.82) is 0 Å². The van der Waals surface area contributed by atoms with Crippen LogP contribution in [0.4, 0.5) is 0 Å². The van der Waals surface area contributed by atoms with E-state index in [1.807, 2.05) is 12.1 Å². The Kier molecular flexibility index (Phi) is 5.71. The Morgan fingerprint density at radius 1 is 1.36 bits per heavy atom. The Balaban J connectivity index is 1.98. The summed E-state index contributed by atoms with van der Waals surface area (Å²) in [7, 11) is 0. The Hall–Kier alpha value is -2.85. The third kappa shape index (κ3) is 4.52. The first-order chi connectivity index (χ1) is 13.3. The number of nitrogens with zero attached hydrogens (tertiary/aromatic N) is 5. The van der Waals surface area contributed by atoms with Crippen molar-refractivity contribution >= 4 is 17.3 Å². The van der Waals surface area contributed by atoms with E-state index < -0.39 is 5.60 Å². The van der Waals surface area contributed by atoms with Crippen LogP contribution in [0.3, 0.4) is 0 Å². The van der Waals surface area contributed by atoms with Crippen molar-refractivity contribution in [3.8, 4) is 22.0 Å². The Labute approximate surface area is 165 Å². The van der Waals surface area contributed by atoms with Crippen LogP contribution in [0.1, 0.15) is 36.1 Å². The number of esters is 1. The van der Waals surface area contributed by atoms with Gasteiger partial charge >= 0.3 is 5.97 Å². The van der Waals surface area contributed by atoms with Gasteiger partial charge in [-0.2, -0.15) is 4.68 Å². The Morgan fingerprint density at radius 3 is 2.79 bits per heavy atom. The van der Waals surface area contributed by atoms with Crippen LogP contribution in [0.5, 0.6) is 5.75 Å². The highest BCUT2D eigenvalue weighted by Gasteiger charge is 2.20. The predicted octanol–water partition coefficient (Wildman–Crippen LogP) is 2.42. The molecule has 2 aromatic heterocycles. The van der Waals surface area contributed by atoms with Gasteiger partial charge in [-0.15, -0.1) is 16.4 Å². The lowest BCUT2D eigenvalue weighted by Gasteiger charge is -2.19. The molecule has 0 spiro atoms. The maximum atomic E-state index is 12.1. The average molecular weight is 403 g/mol. The second-order valence-corrected chi connectivity index (χ2v) is 7.69. The van der Waals surface area contributed by atoms with E-state index in [4.69, 9.17) is 9.47 Å². The quantitative estimate of drug-likeness (QED) is 0.599. The SMILES string of the molecule is CCOC(=O)c1sc(-c2ccc(OCC(C)(C)O)c(-n3cnnn3)c2)nc1C. The van der Waals surface area contributed by atoms with E-state index in [0.717, 1.165) is 5.56 Å². The number of benzene rings is 1. The number of carbonyl (C=O) groups excluding carboxylic acids is 1. The number of ether oxygens (including phenoxy) is 2. The molecular formula is C18H21N5O4S. The van der Waals surface area contributed by atoms with E-state index in [9.17, 15) is 9.90 Å². The zero-order chi connectivity index (χ0) is 20.3. The van der Waals surface area contributed by atoms with E-state index in [1.165, 1.54) is 22.3 Å². The van der Waals surface area contributed by atoms with E-state index in [1.54, 1.807) is 33.8 Å². The van der Waals surface area contributed by atoms with Gasteiger partial charge in [0, 0.05) is 5.56 Å². The number of aliphatic hydroxyl groups is 1. The third-order valence-electron chi connectivity index (χ3n) is 3.64. The average Bonchev–Trinajstić information content (AvgIpc) is 3.29. The second-order valence-electron chi connectivity index (χ2n) is 6.69. The first-order valence-electron chi connectivity index (χ1n) is 8.66. The van der Waals surface area contributed by atoms with E-state index in [-0.39, 0.29) is 12.6 Å². The van der Waals surface area contributed by atoms with E-state index in [0.29, 0.717) is 33.6 Å². The normalized spacial score (nSPS) is 11.5. The molecule has 0 aliphatic heterocycles. The standard InChI is InChI=1S/C18H21N5O4S/c1-5-26-17(24)15-11(2)20-16(28-15)12-6-7-14(27-9-18(3,4)25)13(8-12)23-10-19-21-22-23/h6-8,10,25H,5,9H2,1-4H3. The van der Waals surface area contributed by atoms with Crippen molar-refractivity contribution in [3.63, 3.8) is 0 Å². The number of tetrazole rings is 1. The number of carbonyl (C=O) groups is 1. The molecule has 10 heteroatoms. The topological polar surface area (TPSA) is 112 Å². The lowest BCUT2D eigenvalue weighted by molar-refractivity contribution is 0.0284. The van der Waals surface area contributed by atoms with Gasteiger partial charge in [0.05, 0.1) is 17.9 Å². The number of rotatable bonds is 7. The fraction of sp³-hybridized carbons (Fsp3) is 0.389. The lowest BCUT2D eigenvalue weighted by Crippen LogP contribution is -2.28. The number of aryl methyl sites for hydroxylation is 1. The maximum absolute atomic E-state index is 12.1. The smallest absolute Gasteiger partial charge is 0.350 e. The molecule has 0 radical (unpaired) electrons. The van der Waals surface area contributed by atoms with Crippen molar-refractivity contribution in [1.82, 2.24) is 25.2 Å². The van der Waals surface area contributed by atoms with Crippen LogP contribution in [0.15, 0.2) is 24.5 Å². The molecule has 0 saturated carbocycles. The summed E-state index contributed by atoms with van der Waals surface area (Å²) < 4.78 is 12.3. The minimum absolute atomic E-state index is 0.102. The number of thiazole rings is 1. The van der Waals surface area contributed by atoms with Gasteiger partial charge in [0.25, 0.3) is 0 Å². The van der Waals surface area contributed by atoms with E-state index >= 15 is 0 Å². The molecule has 148 valence electrons. The van der Waals surface area contributed by atoms with Gasteiger partial charge in [0.2, 0.25) is 0 Å². The van der Waals surface area contributed by atoms with Gasteiger partial charge in [-0.3, -0.25) is 0 Å². The molecule has 2 heterocycles. The number of hydrogen-bond acceptors (Lipinski definition) is 9. The molecule has 0 aliphatic carbocycles. The van der Waals surface area contributed by atoms with Crippen molar-refractivity contribution < 1.29 is 19.4 Å². The van der Waals surface area contributed by atoms with Crippen LogP contribution in [0.2, 0.25) is 0 Å². The molecule has 0 aliphatic rings. The summed E-state index contributed by atoms with van der Waals surface area (Å²) in [5.74, 6) is 0.131. The summed E-state index contributed by atoms with van der Waals surface area (Å²) in [6.45, 7) is 7.27. The zero-order valence-electron chi connectivity index (χ0n) is 16.0. The lowest BCUT2D eigenvalue weighted by atomic mass is 10.1. The van der Waals surface area contributed by atoms with Crippen molar-refractivity contribution in [2.45, 2.75) is 33.3 Å². The monoisotopic (exact) mass is 403 g/mol. The van der Waals surface area contributed by atoms with Crippen LogP contribution in [0.25, 0.3) is 16.3 Å². The summed E-state index contributed by atoms with van der Waals surface area (Å²) in [5.41, 5.74) is 1.00. The molecular weight excluding hydrogens is 382 g/mol.